The van der Waals surface area contributed by atoms with Gasteiger partial charge >= 0.3 is 0 Å². The van der Waals surface area contributed by atoms with Crippen LogP contribution in [0.3, 0.4) is 0 Å². The van der Waals surface area contributed by atoms with E-state index >= 15 is 0 Å². The van der Waals surface area contributed by atoms with Crippen LogP contribution in [0, 0.1) is 11.6 Å². The summed E-state index contributed by atoms with van der Waals surface area (Å²) in [5.41, 5.74) is 1.36. The Morgan fingerprint density at radius 2 is 2.10 bits per heavy atom. The van der Waals surface area contributed by atoms with Gasteiger partial charge in [0, 0.05) is 25.1 Å². The zero-order chi connectivity index (χ0) is 14.3. The third-order valence-corrected chi connectivity index (χ3v) is 4.01. The van der Waals surface area contributed by atoms with E-state index in [4.69, 9.17) is 0 Å². The Morgan fingerprint density at radius 1 is 1.30 bits per heavy atom. The molecule has 1 aromatic carbocycles. The van der Waals surface area contributed by atoms with Crippen LogP contribution in [-0.4, -0.2) is 16.5 Å². The molecule has 104 valence electrons. The summed E-state index contributed by atoms with van der Waals surface area (Å²) in [6.45, 7) is 1.21. The van der Waals surface area contributed by atoms with E-state index in [2.05, 4.69) is 31.2 Å². The van der Waals surface area contributed by atoms with Crippen molar-refractivity contribution < 1.29 is 8.78 Å². The van der Waals surface area contributed by atoms with Crippen molar-refractivity contribution in [3.63, 3.8) is 0 Å². The van der Waals surface area contributed by atoms with Crippen molar-refractivity contribution in [2.75, 3.05) is 6.54 Å². The van der Waals surface area contributed by atoms with Crippen LogP contribution in [0.25, 0.3) is 11.4 Å². The number of halogens is 3. The van der Waals surface area contributed by atoms with Gasteiger partial charge in [-0.25, -0.2) is 13.8 Å². The summed E-state index contributed by atoms with van der Waals surface area (Å²) < 4.78 is 26.6. The normalized spacial score (nSPS) is 14.2. The van der Waals surface area contributed by atoms with E-state index in [-0.39, 0.29) is 15.9 Å². The maximum absolute atomic E-state index is 13.6. The number of benzene rings is 1. The molecule has 1 aliphatic heterocycles. The lowest BCUT2D eigenvalue weighted by Crippen LogP contribution is -2.31. The lowest BCUT2D eigenvalue weighted by atomic mass is 10.1. The standard InChI is InChI=1S/C13H10BrF2N3O/c14-10-6(1-2-8(15)11(10)16)12-18-9-3-4-17-5-7(9)13(20)19-12/h1-2,17H,3-5H2,(H,18,19,20). The Morgan fingerprint density at radius 3 is 2.90 bits per heavy atom. The molecule has 0 bridgehead atoms. The molecule has 0 unspecified atom stereocenters. The Hall–Kier alpha value is -1.60. The lowest BCUT2D eigenvalue weighted by molar-refractivity contribution is 0.504. The van der Waals surface area contributed by atoms with Crippen LogP contribution >= 0.6 is 15.9 Å². The van der Waals surface area contributed by atoms with Gasteiger partial charge in [0.05, 0.1) is 15.7 Å². The maximum Gasteiger partial charge on any atom is 0.255 e. The molecular weight excluding hydrogens is 332 g/mol. The van der Waals surface area contributed by atoms with Crippen LogP contribution in [0.2, 0.25) is 0 Å². The third-order valence-electron chi connectivity index (χ3n) is 3.23. The minimum absolute atomic E-state index is 0.0467. The molecule has 2 heterocycles. The third kappa shape index (κ3) is 2.16. The molecular formula is C13H10BrF2N3O. The summed E-state index contributed by atoms with van der Waals surface area (Å²) in [6.07, 6.45) is 0.632. The molecule has 2 aromatic rings. The molecule has 7 heteroatoms. The molecule has 1 aromatic heterocycles. The average Bonchev–Trinajstić information content (AvgIpc) is 2.45. The van der Waals surface area contributed by atoms with Gasteiger partial charge in [0.15, 0.2) is 11.6 Å². The molecule has 0 aliphatic carbocycles. The number of rotatable bonds is 1. The molecule has 0 fully saturated rings. The van der Waals surface area contributed by atoms with Crippen molar-refractivity contribution in [1.82, 2.24) is 15.3 Å². The summed E-state index contributed by atoms with van der Waals surface area (Å²) in [5, 5.41) is 3.09. The van der Waals surface area contributed by atoms with Crippen LogP contribution in [0.4, 0.5) is 8.78 Å². The van der Waals surface area contributed by atoms with Crippen molar-refractivity contribution >= 4 is 15.9 Å². The summed E-state index contributed by atoms with van der Waals surface area (Å²) in [7, 11) is 0. The Labute approximate surface area is 121 Å². The van der Waals surface area contributed by atoms with Crippen LogP contribution in [0.15, 0.2) is 21.4 Å². The predicted molar refractivity (Wildman–Crippen MR) is 73.3 cm³/mol. The minimum Gasteiger partial charge on any atom is -0.312 e. The monoisotopic (exact) mass is 341 g/mol. The van der Waals surface area contributed by atoms with Crippen molar-refractivity contribution in [3.05, 3.63) is 49.9 Å². The quantitative estimate of drug-likeness (QED) is 0.781. The molecule has 4 nitrogen and oxygen atoms in total. The largest absolute Gasteiger partial charge is 0.312 e. The average molecular weight is 342 g/mol. The van der Waals surface area contributed by atoms with E-state index in [0.29, 0.717) is 29.8 Å². The van der Waals surface area contributed by atoms with E-state index in [0.717, 1.165) is 12.6 Å². The van der Waals surface area contributed by atoms with Gasteiger partial charge < -0.3 is 10.3 Å². The molecule has 1 aliphatic rings. The fourth-order valence-corrected chi connectivity index (χ4v) is 2.70. The fraction of sp³-hybridized carbons (Fsp3) is 0.231. The van der Waals surface area contributed by atoms with Gasteiger partial charge in [-0.15, -0.1) is 0 Å². The number of hydrogen-bond acceptors (Lipinski definition) is 3. The number of aromatic amines is 1. The highest BCUT2D eigenvalue weighted by molar-refractivity contribution is 9.10. The van der Waals surface area contributed by atoms with Gasteiger partial charge in [-0.3, -0.25) is 4.79 Å². The SMILES string of the molecule is O=c1[nH]c(-c2ccc(F)c(F)c2Br)nc2c1CNCC2. The van der Waals surface area contributed by atoms with Crippen LogP contribution in [0.5, 0.6) is 0 Å². The number of fused-ring (bicyclic) bond motifs is 1. The second-order valence-corrected chi connectivity index (χ2v) is 5.28. The van der Waals surface area contributed by atoms with E-state index in [9.17, 15) is 13.6 Å². The molecule has 0 saturated heterocycles. The molecule has 0 atom stereocenters. The van der Waals surface area contributed by atoms with Gasteiger partial charge in [-0.2, -0.15) is 0 Å². The molecule has 3 rings (SSSR count). The van der Waals surface area contributed by atoms with E-state index < -0.39 is 11.6 Å². The summed E-state index contributed by atoms with van der Waals surface area (Å²) in [6, 6.07) is 2.39. The second-order valence-electron chi connectivity index (χ2n) is 4.49. The van der Waals surface area contributed by atoms with Crippen molar-refractivity contribution in [1.29, 1.82) is 0 Å². The van der Waals surface area contributed by atoms with Gasteiger partial charge in [0.1, 0.15) is 5.82 Å². The smallest absolute Gasteiger partial charge is 0.255 e. The highest BCUT2D eigenvalue weighted by Crippen LogP contribution is 2.29. The molecule has 0 amide bonds. The predicted octanol–water partition coefficient (Wildman–Crippen LogP) is 2.12. The maximum atomic E-state index is 13.6. The van der Waals surface area contributed by atoms with E-state index in [1.165, 1.54) is 6.07 Å². The Bertz CT molecular complexity index is 745. The lowest BCUT2D eigenvalue weighted by Gasteiger charge is -2.16. The Kier molecular flexibility index (Phi) is 3.39. The number of H-pyrrole nitrogens is 1. The van der Waals surface area contributed by atoms with Gasteiger partial charge in [0.2, 0.25) is 0 Å². The number of nitrogens with zero attached hydrogens (tertiary/aromatic N) is 1. The number of nitrogens with one attached hydrogen (secondary N) is 2. The molecule has 20 heavy (non-hydrogen) atoms. The molecule has 0 saturated carbocycles. The minimum atomic E-state index is -0.996. The van der Waals surface area contributed by atoms with Crippen molar-refractivity contribution in [2.45, 2.75) is 13.0 Å². The summed E-state index contributed by atoms with van der Waals surface area (Å²) >= 11 is 3.00. The number of aromatic nitrogens is 2. The summed E-state index contributed by atoms with van der Waals surface area (Å²) in [5.74, 6) is -1.71. The zero-order valence-corrected chi connectivity index (χ0v) is 11.9. The highest BCUT2D eigenvalue weighted by Gasteiger charge is 2.19. The topological polar surface area (TPSA) is 57.8 Å². The molecule has 0 radical (unpaired) electrons. The van der Waals surface area contributed by atoms with E-state index in [1.54, 1.807) is 0 Å². The first-order valence-corrected chi connectivity index (χ1v) is 6.84. The zero-order valence-electron chi connectivity index (χ0n) is 10.3. The van der Waals surface area contributed by atoms with Crippen molar-refractivity contribution in [3.8, 4) is 11.4 Å². The second kappa shape index (κ2) is 5.06. The Balaban J connectivity index is 2.19. The van der Waals surface area contributed by atoms with Gasteiger partial charge in [-0.05, 0) is 28.1 Å². The van der Waals surface area contributed by atoms with Crippen LogP contribution in [-0.2, 0) is 13.0 Å². The molecule has 0 spiro atoms. The first-order valence-electron chi connectivity index (χ1n) is 6.04. The number of hydrogen-bond donors (Lipinski definition) is 2. The molecule has 2 N–H and O–H groups in total. The van der Waals surface area contributed by atoms with Crippen molar-refractivity contribution in [2.24, 2.45) is 0 Å². The van der Waals surface area contributed by atoms with Crippen LogP contribution < -0.4 is 10.9 Å². The van der Waals surface area contributed by atoms with E-state index in [1.807, 2.05) is 0 Å². The first-order chi connectivity index (χ1) is 9.58. The van der Waals surface area contributed by atoms with Gasteiger partial charge in [-0.1, -0.05) is 0 Å². The highest BCUT2D eigenvalue weighted by atomic mass is 79.9. The fourth-order valence-electron chi connectivity index (χ4n) is 2.19. The summed E-state index contributed by atoms with van der Waals surface area (Å²) in [4.78, 5) is 19.0. The van der Waals surface area contributed by atoms with Gasteiger partial charge in [0.25, 0.3) is 5.56 Å². The first kappa shape index (κ1) is 13.4. The van der Waals surface area contributed by atoms with Crippen LogP contribution in [0.1, 0.15) is 11.3 Å².